The highest BCUT2D eigenvalue weighted by Gasteiger charge is 2.49. The Balaban J connectivity index is 2.19. The maximum atomic E-state index is 11.9. The van der Waals surface area contributed by atoms with Gasteiger partial charge in [0.2, 0.25) is 0 Å². The predicted octanol–water partition coefficient (Wildman–Crippen LogP) is 2.69. The zero-order valence-corrected chi connectivity index (χ0v) is 8.79. The SMILES string of the molecule is CCOC(=O)[C@@]12CCC=C[C@@H]1CCC2. The Morgan fingerprint density at radius 3 is 3.21 bits per heavy atom. The highest BCUT2D eigenvalue weighted by atomic mass is 16.5. The lowest BCUT2D eigenvalue weighted by atomic mass is 9.71. The topological polar surface area (TPSA) is 26.3 Å². The van der Waals surface area contributed by atoms with Crippen LogP contribution in [0.15, 0.2) is 12.2 Å². The van der Waals surface area contributed by atoms with Crippen molar-refractivity contribution in [2.45, 2.75) is 39.0 Å². The van der Waals surface area contributed by atoms with Crippen molar-refractivity contribution in [3.05, 3.63) is 12.2 Å². The molecule has 0 amide bonds. The van der Waals surface area contributed by atoms with Crippen LogP contribution in [0, 0.1) is 11.3 Å². The molecule has 0 bridgehead atoms. The molecule has 0 unspecified atom stereocenters. The van der Waals surface area contributed by atoms with Crippen molar-refractivity contribution in [2.75, 3.05) is 6.61 Å². The van der Waals surface area contributed by atoms with Crippen molar-refractivity contribution < 1.29 is 9.53 Å². The number of allylic oxidation sites excluding steroid dienone is 2. The highest BCUT2D eigenvalue weighted by molar-refractivity contribution is 5.78. The zero-order valence-electron chi connectivity index (χ0n) is 8.79. The minimum Gasteiger partial charge on any atom is -0.466 e. The van der Waals surface area contributed by atoms with Gasteiger partial charge in [0.1, 0.15) is 0 Å². The van der Waals surface area contributed by atoms with Crippen molar-refractivity contribution in [3.63, 3.8) is 0 Å². The van der Waals surface area contributed by atoms with E-state index in [9.17, 15) is 4.79 Å². The van der Waals surface area contributed by atoms with E-state index in [1.807, 2.05) is 6.92 Å². The summed E-state index contributed by atoms with van der Waals surface area (Å²) < 4.78 is 5.21. The molecule has 2 aliphatic rings. The second-order valence-corrected chi connectivity index (χ2v) is 4.34. The molecule has 1 saturated carbocycles. The first kappa shape index (κ1) is 9.75. The average molecular weight is 194 g/mol. The molecular formula is C12H18O2. The largest absolute Gasteiger partial charge is 0.466 e. The maximum Gasteiger partial charge on any atom is 0.312 e. The Kier molecular flexibility index (Phi) is 2.62. The first-order valence-corrected chi connectivity index (χ1v) is 5.63. The van der Waals surface area contributed by atoms with Crippen LogP contribution in [-0.4, -0.2) is 12.6 Å². The van der Waals surface area contributed by atoms with Crippen molar-refractivity contribution in [3.8, 4) is 0 Å². The van der Waals surface area contributed by atoms with Crippen LogP contribution >= 0.6 is 0 Å². The van der Waals surface area contributed by atoms with Crippen LogP contribution in [-0.2, 0) is 9.53 Å². The number of carbonyl (C=O) groups excluding carboxylic acids is 1. The monoisotopic (exact) mass is 194 g/mol. The minimum atomic E-state index is -0.148. The van der Waals surface area contributed by atoms with Crippen molar-refractivity contribution in [2.24, 2.45) is 11.3 Å². The molecule has 1 fully saturated rings. The standard InChI is InChI=1S/C12H18O2/c1-2-14-11(13)12-8-4-3-6-10(12)7-5-9-12/h3,6,10H,2,4-5,7-9H2,1H3/t10-,12-/m1/s1. The Morgan fingerprint density at radius 2 is 2.43 bits per heavy atom. The van der Waals surface area contributed by atoms with E-state index < -0.39 is 0 Å². The van der Waals surface area contributed by atoms with Crippen LogP contribution in [0.1, 0.15) is 39.0 Å². The summed E-state index contributed by atoms with van der Waals surface area (Å²) in [5, 5.41) is 0. The summed E-state index contributed by atoms with van der Waals surface area (Å²) in [6.45, 7) is 2.40. The number of hydrogen-bond acceptors (Lipinski definition) is 2. The van der Waals surface area contributed by atoms with Gasteiger partial charge in [-0.3, -0.25) is 4.79 Å². The number of carbonyl (C=O) groups is 1. The number of rotatable bonds is 2. The summed E-state index contributed by atoms with van der Waals surface area (Å²) in [5.41, 5.74) is -0.148. The van der Waals surface area contributed by atoms with Gasteiger partial charge in [0.05, 0.1) is 12.0 Å². The van der Waals surface area contributed by atoms with Crippen LogP contribution in [0.5, 0.6) is 0 Å². The molecule has 0 aromatic rings. The summed E-state index contributed by atoms with van der Waals surface area (Å²) in [5.74, 6) is 0.502. The fourth-order valence-electron chi connectivity index (χ4n) is 2.92. The Morgan fingerprint density at radius 1 is 1.57 bits per heavy atom. The first-order valence-electron chi connectivity index (χ1n) is 5.63. The van der Waals surface area contributed by atoms with Crippen LogP contribution in [0.3, 0.4) is 0 Å². The van der Waals surface area contributed by atoms with Gasteiger partial charge in [0.15, 0.2) is 0 Å². The van der Waals surface area contributed by atoms with Crippen molar-refractivity contribution in [1.29, 1.82) is 0 Å². The van der Waals surface area contributed by atoms with Gasteiger partial charge in [-0.05, 0) is 38.5 Å². The maximum absolute atomic E-state index is 11.9. The van der Waals surface area contributed by atoms with E-state index >= 15 is 0 Å². The molecule has 0 aromatic heterocycles. The fraction of sp³-hybridized carbons (Fsp3) is 0.750. The van der Waals surface area contributed by atoms with Gasteiger partial charge >= 0.3 is 5.97 Å². The second kappa shape index (κ2) is 3.76. The average Bonchev–Trinajstić information content (AvgIpc) is 2.62. The molecule has 0 saturated heterocycles. The molecule has 2 heteroatoms. The summed E-state index contributed by atoms with van der Waals surface area (Å²) >= 11 is 0. The van der Waals surface area contributed by atoms with Gasteiger partial charge in [0.25, 0.3) is 0 Å². The lowest BCUT2D eigenvalue weighted by Gasteiger charge is -2.33. The van der Waals surface area contributed by atoms with Gasteiger partial charge in [-0.15, -0.1) is 0 Å². The zero-order chi connectivity index (χ0) is 10.0. The van der Waals surface area contributed by atoms with Gasteiger partial charge in [0, 0.05) is 0 Å². The molecule has 0 N–H and O–H groups in total. The highest BCUT2D eigenvalue weighted by Crippen LogP contribution is 2.50. The van der Waals surface area contributed by atoms with E-state index in [-0.39, 0.29) is 11.4 Å². The lowest BCUT2D eigenvalue weighted by Crippen LogP contribution is -2.37. The molecule has 2 aliphatic carbocycles. The molecule has 0 aromatic carbocycles. The van der Waals surface area contributed by atoms with Crippen LogP contribution in [0.4, 0.5) is 0 Å². The molecule has 0 radical (unpaired) electrons. The second-order valence-electron chi connectivity index (χ2n) is 4.34. The summed E-state index contributed by atoms with van der Waals surface area (Å²) in [7, 11) is 0. The van der Waals surface area contributed by atoms with Gasteiger partial charge in [-0.25, -0.2) is 0 Å². The van der Waals surface area contributed by atoms with E-state index in [1.54, 1.807) is 0 Å². The molecule has 2 nitrogen and oxygen atoms in total. The number of hydrogen-bond donors (Lipinski definition) is 0. The third kappa shape index (κ3) is 1.37. The van der Waals surface area contributed by atoms with Crippen LogP contribution in [0.25, 0.3) is 0 Å². The third-order valence-corrected chi connectivity index (χ3v) is 3.66. The minimum absolute atomic E-state index is 0.0480. The molecule has 0 heterocycles. The predicted molar refractivity (Wildman–Crippen MR) is 54.8 cm³/mol. The molecule has 78 valence electrons. The van der Waals surface area contributed by atoms with Crippen LogP contribution < -0.4 is 0 Å². The van der Waals surface area contributed by atoms with Gasteiger partial charge in [-0.2, -0.15) is 0 Å². The first-order chi connectivity index (χ1) is 6.79. The normalized spacial score (nSPS) is 35.4. The Hall–Kier alpha value is -0.790. The van der Waals surface area contributed by atoms with Gasteiger partial charge in [-0.1, -0.05) is 18.6 Å². The van der Waals surface area contributed by atoms with E-state index in [2.05, 4.69) is 12.2 Å². The van der Waals surface area contributed by atoms with Crippen LogP contribution in [0.2, 0.25) is 0 Å². The Labute approximate surface area is 85.3 Å². The molecule has 14 heavy (non-hydrogen) atoms. The van der Waals surface area contributed by atoms with E-state index in [0.717, 1.165) is 25.7 Å². The molecule has 0 spiro atoms. The van der Waals surface area contributed by atoms with E-state index in [1.165, 1.54) is 6.42 Å². The van der Waals surface area contributed by atoms with Crippen molar-refractivity contribution in [1.82, 2.24) is 0 Å². The van der Waals surface area contributed by atoms with Gasteiger partial charge < -0.3 is 4.74 Å². The number of ether oxygens (including phenoxy) is 1. The quantitative estimate of drug-likeness (QED) is 0.499. The molecule has 0 aliphatic heterocycles. The fourth-order valence-corrected chi connectivity index (χ4v) is 2.92. The summed E-state index contributed by atoms with van der Waals surface area (Å²) in [6.07, 6.45) is 9.84. The van der Waals surface area contributed by atoms with E-state index in [4.69, 9.17) is 4.74 Å². The molecule has 2 rings (SSSR count). The Bertz CT molecular complexity index is 257. The smallest absolute Gasteiger partial charge is 0.312 e. The number of fused-ring (bicyclic) bond motifs is 1. The molecule has 2 atom stereocenters. The lowest BCUT2D eigenvalue weighted by molar-refractivity contribution is -0.157. The van der Waals surface area contributed by atoms with Crippen molar-refractivity contribution >= 4 is 5.97 Å². The summed E-state index contributed by atoms with van der Waals surface area (Å²) in [6, 6.07) is 0. The van der Waals surface area contributed by atoms with E-state index in [0.29, 0.717) is 12.5 Å². The summed E-state index contributed by atoms with van der Waals surface area (Å²) in [4.78, 5) is 11.9. The molecular weight excluding hydrogens is 176 g/mol. The number of esters is 1. The third-order valence-electron chi connectivity index (χ3n) is 3.66.